The van der Waals surface area contributed by atoms with Gasteiger partial charge in [0.2, 0.25) is 5.91 Å². The number of nitrogens with one attached hydrogen (secondary N) is 1. The van der Waals surface area contributed by atoms with E-state index < -0.39 is 5.97 Å². The van der Waals surface area contributed by atoms with Gasteiger partial charge in [-0.3, -0.25) is 9.59 Å². The van der Waals surface area contributed by atoms with E-state index in [1.165, 1.54) is 16.9 Å². The van der Waals surface area contributed by atoms with E-state index in [9.17, 15) is 9.59 Å². The van der Waals surface area contributed by atoms with E-state index in [0.29, 0.717) is 17.2 Å². The maximum absolute atomic E-state index is 11.8. The molecule has 0 spiro atoms. The Morgan fingerprint density at radius 3 is 2.62 bits per heavy atom. The van der Waals surface area contributed by atoms with Crippen molar-refractivity contribution in [3.05, 3.63) is 51.5 Å². The van der Waals surface area contributed by atoms with Crippen LogP contribution >= 0.6 is 11.3 Å². The number of aryl methyl sites for hydroxylation is 1. The minimum atomic E-state index is -0.921. The number of amides is 1. The summed E-state index contributed by atoms with van der Waals surface area (Å²) in [5.41, 5.74) is 2.72. The summed E-state index contributed by atoms with van der Waals surface area (Å²) in [6.45, 7) is 2.49. The van der Waals surface area contributed by atoms with E-state index in [1.807, 2.05) is 31.2 Å². The van der Waals surface area contributed by atoms with Gasteiger partial charge in [-0.1, -0.05) is 29.8 Å². The number of aromatic nitrogens is 1. The molecule has 2 aromatic rings. The first-order valence-corrected chi connectivity index (χ1v) is 7.38. The largest absolute Gasteiger partial charge is 0.481 e. The molecular formula is C15H16N2O3S. The molecule has 1 aromatic carbocycles. The van der Waals surface area contributed by atoms with E-state index in [2.05, 4.69) is 10.3 Å². The van der Waals surface area contributed by atoms with Gasteiger partial charge in [0, 0.05) is 11.9 Å². The number of carbonyl (C=O) groups excluding carboxylic acids is 1. The zero-order chi connectivity index (χ0) is 15.2. The van der Waals surface area contributed by atoms with Gasteiger partial charge in [-0.2, -0.15) is 0 Å². The summed E-state index contributed by atoms with van der Waals surface area (Å²) in [6.07, 6.45) is 0.0671. The number of aliphatic carboxylic acids is 1. The van der Waals surface area contributed by atoms with E-state index in [4.69, 9.17) is 5.11 Å². The van der Waals surface area contributed by atoms with Crippen molar-refractivity contribution < 1.29 is 14.7 Å². The zero-order valence-corrected chi connectivity index (χ0v) is 12.4. The third kappa shape index (κ3) is 5.00. The van der Waals surface area contributed by atoms with Crippen LogP contribution in [0.15, 0.2) is 29.6 Å². The predicted molar refractivity (Wildman–Crippen MR) is 80.2 cm³/mol. The zero-order valence-electron chi connectivity index (χ0n) is 11.6. The highest BCUT2D eigenvalue weighted by molar-refractivity contribution is 7.09. The minimum absolute atomic E-state index is 0.110. The molecule has 0 aliphatic rings. The molecule has 0 radical (unpaired) electrons. The Morgan fingerprint density at radius 2 is 1.95 bits per heavy atom. The molecule has 2 N–H and O–H groups in total. The first-order valence-electron chi connectivity index (χ1n) is 6.50. The van der Waals surface area contributed by atoms with Crippen LogP contribution in [0.2, 0.25) is 0 Å². The molecule has 1 aromatic heterocycles. The number of hydrogen-bond donors (Lipinski definition) is 2. The van der Waals surface area contributed by atoms with Crippen molar-refractivity contribution in [3.63, 3.8) is 0 Å². The normalized spacial score (nSPS) is 10.3. The summed E-state index contributed by atoms with van der Waals surface area (Å²) in [7, 11) is 0. The van der Waals surface area contributed by atoms with E-state index in [-0.39, 0.29) is 18.7 Å². The van der Waals surface area contributed by atoms with Crippen LogP contribution in [-0.4, -0.2) is 22.0 Å². The number of benzene rings is 1. The Kier molecular flexibility index (Phi) is 5.05. The van der Waals surface area contributed by atoms with Crippen LogP contribution in [0.4, 0.5) is 0 Å². The van der Waals surface area contributed by atoms with Gasteiger partial charge in [0.05, 0.1) is 18.5 Å². The van der Waals surface area contributed by atoms with Crippen molar-refractivity contribution in [2.45, 2.75) is 26.3 Å². The number of thiazole rings is 1. The molecular weight excluding hydrogens is 288 g/mol. The Labute approximate surface area is 126 Å². The van der Waals surface area contributed by atoms with Crippen molar-refractivity contribution >= 4 is 23.2 Å². The Hall–Kier alpha value is -2.21. The van der Waals surface area contributed by atoms with Crippen LogP contribution in [0.3, 0.4) is 0 Å². The summed E-state index contributed by atoms with van der Waals surface area (Å²) < 4.78 is 0. The van der Waals surface area contributed by atoms with Crippen LogP contribution in [0.5, 0.6) is 0 Å². The fraction of sp³-hybridized carbons (Fsp3) is 0.267. The number of rotatable bonds is 6. The van der Waals surface area contributed by atoms with Crippen molar-refractivity contribution in [1.29, 1.82) is 0 Å². The van der Waals surface area contributed by atoms with Crippen LogP contribution in [-0.2, 0) is 29.0 Å². The topological polar surface area (TPSA) is 79.3 Å². The van der Waals surface area contributed by atoms with Crippen molar-refractivity contribution in [2.75, 3.05) is 0 Å². The standard InChI is InChI=1S/C15H16N2O3S/c1-10-2-4-11(5-3-10)8-16-13(18)7-14-17-12(9-21-14)6-15(19)20/h2-5,9H,6-8H2,1H3,(H,16,18)(H,19,20). The maximum Gasteiger partial charge on any atom is 0.309 e. The lowest BCUT2D eigenvalue weighted by Crippen LogP contribution is -2.24. The van der Waals surface area contributed by atoms with Gasteiger partial charge < -0.3 is 10.4 Å². The fourth-order valence-electron chi connectivity index (χ4n) is 1.77. The number of nitrogens with zero attached hydrogens (tertiary/aromatic N) is 1. The van der Waals surface area contributed by atoms with Crippen LogP contribution in [0, 0.1) is 6.92 Å². The summed E-state index contributed by atoms with van der Waals surface area (Å²) in [5, 5.41) is 13.8. The second kappa shape index (κ2) is 6.99. The van der Waals surface area contributed by atoms with E-state index in [1.54, 1.807) is 5.38 Å². The second-order valence-corrected chi connectivity index (χ2v) is 5.68. The molecule has 0 saturated heterocycles. The molecule has 5 nitrogen and oxygen atoms in total. The highest BCUT2D eigenvalue weighted by Crippen LogP contribution is 2.11. The molecule has 0 bridgehead atoms. The molecule has 0 aliphatic carbocycles. The first kappa shape index (κ1) is 15.2. The van der Waals surface area contributed by atoms with Crippen LogP contribution in [0.1, 0.15) is 21.8 Å². The van der Waals surface area contributed by atoms with Gasteiger partial charge in [0.25, 0.3) is 0 Å². The highest BCUT2D eigenvalue weighted by atomic mass is 32.1. The number of hydrogen-bond acceptors (Lipinski definition) is 4. The minimum Gasteiger partial charge on any atom is -0.481 e. The monoisotopic (exact) mass is 304 g/mol. The molecule has 2 rings (SSSR count). The smallest absolute Gasteiger partial charge is 0.309 e. The van der Waals surface area contributed by atoms with Crippen molar-refractivity contribution in [3.8, 4) is 0 Å². The summed E-state index contributed by atoms with van der Waals surface area (Å²) in [5.74, 6) is -1.04. The fourth-order valence-corrected chi connectivity index (χ4v) is 2.57. The Morgan fingerprint density at radius 1 is 1.24 bits per heavy atom. The molecule has 0 atom stereocenters. The third-order valence-electron chi connectivity index (χ3n) is 2.85. The third-order valence-corrected chi connectivity index (χ3v) is 3.75. The van der Waals surface area contributed by atoms with Gasteiger partial charge >= 0.3 is 5.97 Å². The van der Waals surface area contributed by atoms with Crippen molar-refractivity contribution in [1.82, 2.24) is 10.3 Å². The lowest BCUT2D eigenvalue weighted by molar-refractivity contribution is -0.136. The Bertz CT molecular complexity index is 635. The first-order chi connectivity index (χ1) is 10.0. The summed E-state index contributed by atoms with van der Waals surface area (Å²) >= 11 is 1.31. The number of carboxylic acids is 1. The Balaban J connectivity index is 1.82. The summed E-state index contributed by atoms with van der Waals surface area (Å²) in [4.78, 5) is 26.5. The van der Waals surface area contributed by atoms with Gasteiger partial charge in [-0.05, 0) is 12.5 Å². The van der Waals surface area contributed by atoms with Crippen LogP contribution in [0.25, 0.3) is 0 Å². The second-order valence-electron chi connectivity index (χ2n) is 4.74. The molecule has 110 valence electrons. The molecule has 6 heteroatoms. The lowest BCUT2D eigenvalue weighted by atomic mass is 10.1. The number of carbonyl (C=O) groups is 2. The molecule has 0 aliphatic heterocycles. The molecule has 0 saturated carbocycles. The average Bonchev–Trinajstić information content (AvgIpc) is 2.84. The average molecular weight is 304 g/mol. The highest BCUT2D eigenvalue weighted by Gasteiger charge is 2.09. The molecule has 1 amide bonds. The predicted octanol–water partition coefficient (Wildman–Crippen LogP) is 1.94. The van der Waals surface area contributed by atoms with Gasteiger partial charge in [-0.25, -0.2) is 4.98 Å². The molecule has 1 heterocycles. The molecule has 0 fully saturated rings. The number of carboxylic acid groups (broad SMARTS) is 1. The lowest BCUT2D eigenvalue weighted by Gasteiger charge is -2.04. The van der Waals surface area contributed by atoms with E-state index in [0.717, 1.165) is 5.56 Å². The van der Waals surface area contributed by atoms with Gasteiger partial charge in [-0.15, -0.1) is 11.3 Å². The SMILES string of the molecule is Cc1ccc(CNC(=O)Cc2nc(CC(=O)O)cs2)cc1. The van der Waals surface area contributed by atoms with Crippen molar-refractivity contribution in [2.24, 2.45) is 0 Å². The maximum atomic E-state index is 11.8. The van der Waals surface area contributed by atoms with Gasteiger partial charge in [0.1, 0.15) is 5.01 Å². The molecule has 21 heavy (non-hydrogen) atoms. The quantitative estimate of drug-likeness (QED) is 0.855. The molecule has 0 unspecified atom stereocenters. The summed E-state index contributed by atoms with van der Waals surface area (Å²) in [6, 6.07) is 7.95. The van der Waals surface area contributed by atoms with Gasteiger partial charge in [0.15, 0.2) is 0 Å². The van der Waals surface area contributed by atoms with E-state index >= 15 is 0 Å². The van der Waals surface area contributed by atoms with Crippen LogP contribution < -0.4 is 5.32 Å².